The Morgan fingerprint density at radius 3 is 2.14 bits per heavy atom. The molecule has 0 heterocycles. The smallest absolute Gasteiger partial charge is 0.0912 e. The van der Waals surface area contributed by atoms with Crippen molar-refractivity contribution in [3.63, 3.8) is 0 Å². The molecule has 14 heavy (non-hydrogen) atoms. The van der Waals surface area contributed by atoms with Crippen molar-refractivity contribution in [1.82, 2.24) is 0 Å². The minimum absolute atomic E-state index is 0.276. The molecule has 0 aromatic heterocycles. The second-order valence-electron chi connectivity index (χ2n) is 2.52. The number of hydrogen-bond acceptors (Lipinski definition) is 4. The van der Waals surface area contributed by atoms with Crippen molar-refractivity contribution in [2.75, 3.05) is 19.9 Å². The van der Waals surface area contributed by atoms with Crippen LogP contribution in [0.4, 0.5) is 0 Å². The van der Waals surface area contributed by atoms with Crippen LogP contribution in [0, 0.1) is 0 Å². The van der Waals surface area contributed by atoms with E-state index in [4.69, 9.17) is 10.8 Å². The zero-order valence-electron chi connectivity index (χ0n) is 8.47. The molecule has 0 unspecified atom stereocenters. The first kappa shape index (κ1) is 13.4. The highest BCUT2D eigenvalue weighted by atomic mass is 32.2. The van der Waals surface area contributed by atoms with Gasteiger partial charge in [0, 0.05) is 18.6 Å². The Morgan fingerprint density at radius 1 is 1.29 bits per heavy atom. The maximum absolute atomic E-state index is 9.36. The Morgan fingerprint density at radius 2 is 1.79 bits per heavy atom. The third-order valence-corrected chi connectivity index (χ3v) is 2.47. The fourth-order valence-electron chi connectivity index (χ4n) is 0.962. The predicted octanol–water partition coefficient (Wildman–Crippen LogP) is 1.01. The van der Waals surface area contributed by atoms with Gasteiger partial charge in [-0.2, -0.15) is 0 Å². The lowest BCUT2D eigenvalue weighted by molar-refractivity contribution is 0.186. The summed E-state index contributed by atoms with van der Waals surface area (Å²) in [6, 6.07) is 7.78. The van der Waals surface area contributed by atoms with E-state index in [2.05, 4.69) is 0 Å². The molecule has 1 atom stereocenters. The molecule has 0 aliphatic heterocycles. The molecular formula is C10H17NO2S. The van der Waals surface area contributed by atoms with Crippen LogP contribution in [-0.2, 0) is 0 Å². The van der Waals surface area contributed by atoms with Crippen molar-refractivity contribution in [2.45, 2.75) is 11.0 Å². The Balaban J connectivity index is 0.000000791. The lowest BCUT2D eigenvalue weighted by Gasteiger charge is -2.07. The van der Waals surface area contributed by atoms with Crippen molar-refractivity contribution in [2.24, 2.45) is 5.73 Å². The second-order valence-corrected chi connectivity index (χ2v) is 3.40. The summed E-state index contributed by atoms with van der Waals surface area (Å²) in [4.78, 5) is 1.20. The van der Waals surface area contributed by atoms with Gasteiger partial charge in [0.25, 0.3) is 0 Å². The maximum Gasteiger partial charge on any atom is 0.0912 e. The number of hydrogen-bond donors (Lipinski definition) is 3. The third-order valence-electron chi connectivity index (χ3n) is 1.72. The number of aliphatic hydroxyl groups is 2. The Kier molecular flexibility index (Phi) is 7.51. The molecule has 0 saturated carbocycles. The van der Waals surface area contributed by atoms with Crippen LogP contribution in [-0.4, -0.2) is 30.1 Å². The summed E-state index contributed by atoms with van der Waals surface area (Å²) in [6.07, 6.45) is 1.50. The van der Waals surface area contributed by atoms with Crippen molar-refractivity contribution in [3.05, 3.63) is 29.8 Å². The Labute approximate surface area is 88.9 Å². The van der Waals surface area contributed by atoms with E-state index in [0.29, 0.717) is 0 Å². The average molecular weight is 215 g/mol. The highest BCUT2D eigenvalue weighted by molar-refractivity contribution is 7.98. The molecular weight excluding hydrogens is 198 g/mol. The van der Waals surface area contributed by atoms with Crippen LogP contribution in [0.1, 0.15) is 11.7 Å². The van der Waals surface area contributed by atoms with Crippen LogP contribution < -0.4 is 5.73 Å². The van der Waals surface area contributed by atoms with Crippen molar-refractivity contribution in [1.29, 1.82) is 0 Å². The molecule has 3 nitrogen and oxygen atoms in total. The first-order valence-electron chi connectivity index (χ1n) is 4.24. The lowest BCUT2D eigenvalue weighted by atomic mass is 10.1. The topological polar surface area (TPSA) is 66.5 Å². The van der Waals surface area contributed by atoms with Crippen LogP contribution >= 0.6 is 11.8 Å². The van der Waals surface area contributed by atoms with Crippen LogP contribution in [0.2, 0.25) is 0 Å². The van der Waals surface area contributed by atoms with Crippen LogP contribution in [0.3, 0.4) is 0 Å². The van der Waals surface area contributed by atoms with E-state index in [0.717, 1.165) is 12.7 Å². The van der Waals surface area contributed by atoms with Crippen molar-refractivity contribution < 1.29 is 10.2 Å². The van der Waals surface area contributed by atoms with Crippen LogP contribution in [0.15, 0.2) is 29.2 Å². The largest absolute Gasteiger partial charge is 0.400 e. The monoisotopic (exact) mass is 215 g/mol. The molecule has 0 amide bonds. The number of aliphatic hydroxyl groups excluding tert-OH is 2. The summed E-state index contributed by atoms with van der Waals surface area (Å²) in [5, 5.41) is 16.4. The zero-order valence-corrected chi connectivity index (χ0v) is 9.29. The summed E-state index contributed by atoms with van der Waals surface area (Å²) in [6.45, 7) is 0.276. The fraction of sp³-hybridized carbons (Fsp3) is 0.400. The number of rotatable bonds is 3. The molecule has 0 saturated heterocycles. The van der Waals surface area contributed by atoms with Crippen molar-refractivity contribution >= 4 is 11.8 Å². The highest BCUT2D eigenvalue weighted by Gasteiger charge is 2.03. The van der Waals surface area contributed by atoms with E-state index >= 15 is 0 Å². The van der Waals surface area contributed by atoms with Gasteiger partial charge in [-0.3, -0.25) is 0 Å². The standard InChI is InChI=1S/C9H13NOS.CH4O/c1-12-8-4-2-7(3-5-8)9(11)6-10;1-2/h2-5,9,11H,6,10H2,1H3;2H,1H3/t9-;/m1./s1. The van der Waals surface area contributed by atoms with Gasteiger partial charge in [-0.05, 0) is 24.0 Å². The number of nitrogens with two attached hydrogens (primary N) is 1. The molecule has 1 rings (SSSR count). The van der Waals surface area contributed by atoms with E-state index in [1.54, 1.807) is 11.8 Å². The van der Waals surface area contributed by atoms with Crippen molar-refractivity contribution in [3.8, 4) is 0 Å². The quantitative estimate of drug-likeness (QED) is 0.658. The minimum atomic E-state index is -0.527. The SMILES string of the molecule is CO.CSc1ccc([C@H](O)CN)cc1. The summed E-state index contributed by atoms with van der Waals surface area (Å²) >= 11 is 1.68. The maximum atomic E-state index is 9.36. The van der Waals surface area contributed by atoms with Crippen LogP contribution in [0.25, 0.3) is 0 Å². The van der Waals surface area contributed by atoms with Gasteiger partial charge in [-0.25, -0.2) is 0 Å². The predicted molar refractivity (Wildman–Crippen MR) is 60.4 cm³/mol. The van der Waals surface area contributed by atoms with Gasteiger partial charge in [-0.15, -0.1) is 11.8 Å². The summed E-state index contributed by atoms with van der Waals surface area (Å²) in [5.41, 5.74) is 6.20. The first-order valence-corrected chi connectivity index (χ1v) is 5.47. The van der Waals surface area contributed by atoms with Crippen LogP contribution in [0.5, 0.6) is 0 Å². The normalized spacial score (nSPS) is 11.5. The van der Waals surface area contributed by atoms with Gasteiger partial charge in [-0.1, -0.05) is 12.1 Å². The molecule has 80 valence electrons. The molecule has 4 N–H and O–H groups in total. The van der Waals surface area contributed by atoms with E-state index in [-0.39, 0.29) is 6.54 Å². The molecule has 1 aromatic carbocycles. The molecule has 0 bridgehead atoms. The highest BCUT2D eigenvalue weighted by Crippen LogP contribution is 2.18. The average Bonchev–Trinajstić information content (AvgIpc) is 2.31. The number of thioether (sulfide) groups is 1. The molecule has 1 aromatic rings. The van der Waals surface area contributed by atoms with Gasteiger partial charge in [0.1, 0.15) is 0 Å². The van der Waals surface area contributed by atoms with Gasteiger partial charge in [0.2, 0.25) is 0 Å². The molecule has 0 aliphatic rings. The molecule has 0 aliphatic carbocycles. The Bertz CT molecular complexity index is 238. The minimum Gasteiger partial charge on any atom is -0.400 e. The fourth-order valence-corrected chi connectivity index (χ4v) is 1.37. The van der Waals surface area contributed by atoms with E-state index in [9.17, 15) is 5.11 Å². The van der Waals surface area contributed by atoms with Gasteiger partial charge in [0.05, 0.1) is 6.10 Å². The molecule has 0 fully saturated rings. The summed E-state index contributed by atoms with van der Waals surface area (Å²) in [5.74, 6) is 0. The Hall–Kier alpha value is -0.550. The van der Waals surface area contributed by atoms with Gasteiger partial charge >= 0.3 is 0 Å². The van der Waals surface area contributed by atoms with E-state index in [1.807, 2.05) is 30.5 Å². The molecule has 0 spiro atoms. The first-order chi connectivity index (χ1) is 6.77. The summed E-state index contributed by atoms with van der Waals surface area (Å²) < 4.78 is 0. The van der Waals surface area contributed by atoms with Gasteiger partial charge < -0.3 is 15.9 Å². The van der Waals surface area contributed by atoms with E-state index in [1.165, 1.54) is 4.90 Å². The van der Waals surface area contributed by atoms with Gasteiger partial charge in [0.15, 0.2) is 0 Å². The molecule has 4 heteroatoms. The molecule has 0 radical (unpaired) electrons. The zero-order chi connectivity index (χ0) is 11.0. The second kappa shape index (κ2) is 7.82. The lowest BCUT2D eigenvalue weighted by Crippen LogP contribution is -2.11. The number of benzene rings is 1. The third kappa shape index (κ3) is 4.11. The van der Waals surface area contributed by atoms with E-state index < -0.39 is 6.10 Å². The summed E-state index contributed by atoms with van der Waals surface area (Å²) in [7, 11) is 1.00.